The molecule has 1 N–H and O–H groups in total. The van der Waals surface area contributed by atoms with Crippen LogP contribution in [0.1, 0.15) is 10.4 Å². The number of methoxy groups -OCH3 is 1. The minimum Gasteiger partial charge on any atom is -0.465 e. The van der Waals surface area contributed by atoms with Gasteiger partial charge in [0.25, 0.3) is 10.0 Å². The van der Waals surface area contributed by atoms with E-state index in [1.165, 1.54) is 43.8 Å². The smallest absolute Gasteiger partial charge is 0.337 e. The van der Waals surface area contributed by atoms with Crippen LogP contribution in [0, 0.1) is 0 Å². The normalized spacial score (nSPS) is 11.0. The van der Waals surface area contributed by atoms with Gasteiger partial charge in [0.2, 0.25) is 0 Å². The Labute approximate surface area is 126 Å². The van der Waals surface area contributed by atoms with Crippen molar-refractivity contribution >= 4 is 33.4 Å². The van der Waals surface area contributed by atoms with Crippen LogP contribution in [0.4, 0.5) is 5.82 Å². The predicted molar refractivity (Wildman–Crippen MR) is 75.6 cm³/mol. The summed E-state index contributed by atoms with van der Waals surface area (Å²) in [6.45, 7) is 0. The summed E-state index contributed by atoms with van der Waals surface area (Å²) in [5.74, 6) is -0.549. The molecule has 0 amide bonds. The van der Waals surface area contributed by atoms with Gasteiger partial charge in [0, 0.05) is 0 Å². The number of rotatable bonds is 4. The van der Waals surface area contributed by atoms with Crippen LogP contribution in [-0.4, -0.2) is 31.5 Å². The van der Waals surface area contributed by atoms with Gasteiger partial charge < -0.3 is 4.74 Å². The molecular formula is C12H10ClN3O4S. The van der Waals surface area contributed by atoms with Gasteiger partial charge in [-0.05, 0) is 24.3 Å². The highest BCUT2D eigenvalue weighted by molar-refractivity contribution is 7.92. The zero-order valence-corrected chi connectivity index (χ0v) is 12.4. The number of hydrogen-bond acceptors (Lipinski definition) is 6. The van der Waals surface area contributed by atoms with Crippen LogP contribution >= 0.6 is 11.6 Å². The molecule has 2 rings (SSSR count). The molecule has 0 spiro atoms. The third kappa shape index (κ3) is 3.67. The zero-order chi connectivity index (χ0) is 15.5. The van der Waals surface area contributed by atoms with Gasteiger partial charge in [0.1, 0.15) is 5.15 Å². The zero-order valence-electron chi connectivity index (χ0n) is 10.8. The summed E-state index contributed by atoms with van der Waals surface area (Å²) < 4.78 is 31.0. The highest BCUT2D eigenvalue weighted by Gasteiger charge is 2.16. The van der Waals surface area contributed by atoms with E-state index in [1.807, 2.05) is 0 Å². The molecule has 0 atom stereocenters. The van der Waals surface area contributed by atoms with Gasteiger partial charge in [-0.15, -0.1) is 0 Å². The Hall–Kier alpha value is -2.19. The molecule has 1 heterocycles. The number of carbonyl (C=O) groups excluding carboxylic acids is 1. The maximum Gasteiger partial charge on any atom is 0.337 e. The molecule has 0 aliphatic rings. The molecule has 110 valence electrons. The highest BCUT2D eigenvalue weighted by atomic mass is 35.5. The van der Waals surface area contributed by atoms with Crippen molar-refractivity contribution < 1.29 is 17.9 Å². The second-order valence-electron chi connectivity index (χ2n) is 3.85. The number of esters is 1. The van der Waals surface area contributed by atoms with Crippen LogP contribution in [0.5, 0.6) is 0 Å². The van der Waals surface area contributed by atoms with Crippen LogP contribution in [0.25, 0.3) is 0 Å². The monoisotopic (exact) mass is 327 g/mol. The molecule has 0 aliphatic carbocycles. The minimum atomic E-state index is -3.84. The summed E-state index contributed by atoms with van der Waals surface area (Å²) in [4.78, 5) is 18.8. The summed E-state index contributed by atoms with van der Waals surface area (Å²) in [5, 5.41) is 0.0660. The SMILES string of the molecule is COC(=O)c1ccc(S(=O)(=O)Nc2cncc(Cl)n2)cc1. The van der Waals surface area contributed by atoms with Crippen LogP contribution in [0.3, 0.4) is 0 Å². The largest absolute Gasteiger partial charge is 0.465 e. The molecule has 0 bridgehead atoms. The lowest BCUT2D eigenvalue weighted by Gasteiger charge is -2.07. The van der Waals surface area contributed by atoms with Gasteiger partial charge in [0.05, 0.1) is 30.0 Å². The van der Waals surface area contributed by atoms with Crippen molar-refractivity contribution in [2.75, 3.05) is 11.8 Å². The number of halogens is 1. The molecule has 21 heavy (non-hydrogen) atoms. The maximum atomic E-state index is 12.1. The van der Waals surface area contributed by atoms with Crippen LogP contribution < -0.4 is 4.72 Å². The Morgan fingerprint density at radius 1 is 1.24 bits per heavy atom. The van der Waals surface area contributed by atoms with E-state index in [4.69, 9.17) is 11.6 Å². The molecule has 0 saturated heterocycles. The predicted octanol–water partition coefficient (Wildman–Crippen LogP) is 1.72. The summed E-state index contributed by atoms with van der Waals surface area (Å²) in [6.07, 6.45) is 2.51. The molecule has 0 unspecified atom stereocenters. The third-order valence-corrected chi connectivity index (χ3v) is 3.98. The first kappa shape index (κ1) is 15.2. The van der Waals surface area contributed by atoms with Gasteiger partial charge >= 0.3 is 5.97 Å². The average molecular weight is 328 g/mol. The van der Waals surface area contributed by atoms with E-state index >= 15 is 0 Å². The van der Waals surface area contributed by atoms with Gasteiger partial charge in [-0.2, -0.15) is 0 Å². The number of anilines is 1. The van der Waals surface area contributed by atoms with Crippen molar-refractivity contribution in [3.8, 4) is 0 Å². The molecular weight excluding hydrogens is 318 g/mol. The van der Waals surface area contributed by atoms with E-state index in [-0.39, 0.29) is 21.4 Å². The standard InChI is InChI=1S/C12H10ClN3O4S/c1-20-12(17)8-2-4-9(5-3-8)21(18,19)16-11-7-14-6-10(13)15-11/h2-7H,1H3,(H,15,16). The topological polar surface area (TPSA) is 98.2 Å². The van der Waals surface area contributed by atoms with Crippen molar-refractivity contribution in [3.05, 3.63) is 47.4 Å². The highest BCUT2D eigenvalue weighted by Crippen LogP contribution is 2.16. The lowest BCUT2D eigenvalue weighted by molar-refractivity contribution is 0.0600. The number of benzene rings is 1. The van der Waals surface area contributed by atoms with Gasteiger partial charge in [-0.25, -0.2) is 18.2 Å². The molecule has 2 aromatic rings. The van der Waals surface area contributed by atoms with E-state index in [0.717, 1.165) is 0 Å². The molecule has 0 radical (unpaired) electrons. The number of ether oxygens (including phenoxy) is 1. The number of nitrogens with one attached hydrogen (secondary N) is 1. The molecule has 0 fully saturated rings. The second-order valence-corrected chi connectivity index (χ2v) is 5.92. The first-order chi connectivity index (χ1) is 9.92. The van der Waals surface area contributed by atoms with Crippen LogP contribution in [0.15, 0.2) is 41.6 Å². The Morgan fingerprint density at radius 3 is 2.48 bits per heavy atom. The van der Waals surface area contributed by atoms with Gasteiger partial charge in [-0.3, -0.25) is 9.71 Å². The van der Waals surface area contributed by atoms with E-state index in [2.05, 4.69) is 19.4 Å². The van der Waals surface area contributed by atoms with E-state index in [1.54, 1.807) is 0 Å². The number of carbonyl (C=O) groups is 1. The molecule has 9 heteroatoms. The number of aromatic nitrogens is 2. The summed E-state index contributed by atoms with van der Waals surface area (Å²) in [5.41, 5.74) is 0.249. The Bertz CT molecular complexity index is 762. The minimum absolute atomic E-state index is 0.000422. The first-order valence-electron chi connectivity index (χ1n) is 5.61. The quantitative estimate of drug-likeness (QED) is 0.858. The maximum absolute atomic E-state index is 12.1. The lowest BCUT2D eigenvalue weighted by Crippen LogP contribution is -2.14. The van der Waals surface area contributed by atoms with Crippen LogP contribution in [-0.2, 0) is 14.8 Å². The fraction of sp³-hybridized carbons (Fsp3) is 0.0833. The Kier molecular flexibility index (Phi) is 4.39. The fourth-order valence-electron chi connectivity index (χ4n) is 1.48. The Balaban J connectivity index is 2.25. The van der Waals surface area contributed by atoms with E-state index < -0.39 is 16.0 Å². The van der Waals surface area contributed by atoms with E-state index in [9.17, 15) is 13.2 Å². The average Bonchev–Trinajstić information content (AvgIpc) is 2.46. The van der Waals surface area contributed by atoms with Crippen molar-refractivity contribution in [2.24, 2.45) is 0 Å². The number of hydrogen-bond donors (Lipinski definition) is 1. The molecule has 0 saturated carbocycles. The first-order valence-corrected chi connectivity index (χ1v) is 7.47. The molecule has 7 nitrogen and oxygen atoms in total. The molecule has 1 aromatic heterocycles. The summed E-state index contributed by atoms with van der Waals surface area (Å²) in [7, 11) is -2.60. The fourth-order valence-corrected chi connectivity index (χ4v) is 2.61. The second kappa shape index (κ2) is 6.06. The van der Waals surface area contributed by atoms with Crippen molar-refractivity contribution in [2.45, 2.75) is 4.90 Å². The number of nitrogens with zero attached hydrogens (tertiary/aromatic N) is 2. The summed E-state index contributed by atoms with van der Waals surface area (Å²) in [6, 6.07) is 5.27. The van der Waals surface area contributed by atoms with Crippen LogP contribution in [0.2, 0.25) is 5.15 Å². The van der Waals surface area contributed by atoms with Crippen molar-refractivity contribution in [3.63, 3.8) is 0 Å². The molecule has 0 aliphatic heterocycles. The number of sulfonamides is 1. The van der Waals surface area contributed by atoms with Crippen molar-refractivity contribution in [1.29, 1.82) is 0 Å². The van der Waals surface area contributed by atoms with Crippen molar-refractivity contribution in [1.82, 2.24) is 9.97 Å². The molecule has 1 aromatic carbocycles. The van der Waals surface area contributed by atoms with E-state index in [0.29, 0.717) is 0 Å². The lowest BCUT2D eigenvalue weighted by atomic mass is 10.2. The Morgan fingerprint density at radius 2 is 1.90 bits per heavy atom. The third-order valence-electron chi connectivity index (χ3n) is 2.43. The van der Waals surface area contributed by atoms with Gasteiger partial charge in [-0.1, -0.05) is 11.6 Å². The summed E-state index contributed by atoms with van der Waals surface area (Å²) >= 11 is 5.63. The van der Waals surface area contributed by atoms with Gasteiger partial charge in [0.15, 0.2) is 5.82 Å².